The maximum atomic E-state index is 11.0. The van der Waals surface area contributed by atoms with E-state index in [1.165, 1.54) is 6.33 Å². The summed E-state index contributed by atoms with van der Waals surface area (Å²) in [6, 6.07) is 11.1. The second-order valence-corrected chi connectivity index (χ2v) is 7.30. The summed E-state index contributed by atoms with van der Waals surface area (Å²) in [6.45, 7) is 0.509. The molecule has 3 aromatic rings. The first-order valence-electron chi connectivity index (χ1n) is 10.0. The van der Waals surface area contributed by atoms with Crippen LogP contribution in [0.2, 0.25) is 5.02 Å². The lowest BCUT2D eigenvalue weighted by Crippen LogP contribution is -2.17. The Morgan fingerprint density at radius 3 is 2.68 bits per heavy atom. The second kappa shape index (κ2) is 11.3. The lowest BCUT2D eigenvalue weighted by molar-refractivity contribution is -0.129. The number of halogens is 1. The van der Waals surface area contributed by atoms with Crippen LogP contribution in [0.3, 0.4) is 0 Å². The van der Waals surface area contributed by atoms with Gasteiger partial charge in [-0.1, -0.05) is 36.6 Å². The Bertz CT molecular complexity index is 1030. The normalized spacial score (nSPS) is 10.7. The molecule has 0 fully saturated rings. The topological polar surface area (TPSA) is 106 Å². The zero-order valence-electron chi connectivity index (χ0n) is 17.2. The number of aromatic nitrogens is 2. The Morgan fingerprint density at radius 2 is 1.90 bits per heavy atom. The average Bonchev–Trinajstić information content (AvgIpc) is 2.79. The fourth-order valence-electron chi connectivity index (χ4n) is 3.11. The van der Waals surface area contributed by atoms with Crippen LogP contribution in [0, 0.1) is 0 Å². The molecule has 0 aliphatic carbocycles. The molecule has 0 aliphatic rings. The number of nitrogens with one attached hydrogen (secondary N) is 2. The monoisotopic (exact) mass is 444 g/mol. The number of amides is 1. The van der Waals surface area contributed by atoms with Gasteiger partial charge in [0.15, 0.2) is 11.5 Å². The van der Waals surface area contributed by atoms with Crippen molar-refractivity contribution >= 4 is 39.9 Å². The third-order valence-electron chi connectivity index (χ3n) is 4.73. The van der Waals surface area contributed by atoms with E-state index in [0.29, 0.717) is 35.4 Å². The number of unbranched alkanes of at least 4 members (excludes halogenated alkanes) is 3. The summed E-state index contributed by atoms with van der Waals surface area (Å²) in [7, 11) is 1.59. The fraction of sp³-hybridized carbons (Fsp3) is 0.318. The Kier molecular flexibility index (Phi) is 8.26. The number of hydrogen-bond donors (Lipinski definition) is 3. The zero-order valence-corrected chi connectivity index (χ0v) is 18.0. The first kappa shape index (κ1) is 22.6. The van der Waals surface area contributed by atoms with E-state index in [1.54, 1.807) is 18.7 Å². The molecule has 0 saturated heterocycles. The van der Waals surface area contributed by atoms with Gasteiger partial charge in [0.05, 0.1) is 29.9 Å². The maximum Gasteiger partial charge on any atom is 0.243 e. The van der Waals surface area contributed by atoms with Crippen LogP contribution in [0.4, 0.5) is 11.5 Å². The van der Waals surface area contributed by atoms with Gasteiger partial charge in [0.2, 0.25) is 5.91 Å². The van der Waals surface area contributed by atoms with Gasteiger partial charge in [0.25, 0.3) is 0 Å². The summed E-state index contributed by atoms with van der Waals surface area (Å²) in [6.07, 6.45) is 5.15. The van der Waals surface area contributed by atoms with E-state index in [2.05, 4.69) is 15.3 Å². The fourth-order valence-corrected chi connectivity index (χ4v) is 3.29. The van der Waals surface area contributed by atoms with Gasteiger partial charge in [-0.3, -0.25) is 10.0 Å². The molecule has 0 aliphatic heterocycles. The van der Waals surface area contributed by atoms with Crippen LogP contribution < -0.4 is 20.3 Å². The average molecular weight is 445 g/mol. The summed E-state index contributed by atoms with van der Waals surface area (Å²) < 4.78 is 11.4. The van der Waals surface area contributed by atoms with Crippen LogP contribution in [0.1, 0.15) is 32.1 Å². The van der Waals surface area contributed by atoms with Gasteiger partial charge in [-0.25, -0.2) is 15.4 Å². The van der Waals surface area contributed by atoms with E-state index < -0.39 is 0 Å². The molecular formula is C22H25ClN4O4. The van der Waals surface area contributed by atoms with Crippen molar-refractivity contribution in [2.45, 2.75) is 32.1 Å². The standard InChI is InChI=1S/C22H25ClN4O4/c1-30-19-13-18-15(12-20(19)31-11-7-3-2-4-10-21(28)27-29)22(25-14-24-18)26-17-9-6-5-8-16(17)23/h5-6,8-9,12-14,29H,2-4,7,10-11H2,1H3,(H,27,28)(H,24,25,26). The summed E-state index contributed by atoms with van der Waals surface area (Å²) in [4.78, 5) is 19.7. The number of benzene rings is 2. The second-order valence-electron chi connectivity index (χ2n) is 6.89. The Balaban J connectivity index is 1.68. The molecule has 0 radical (unpaired) electrons. The van der Waals surface area contributed by atoms with Crippen LogP contribution in [-0.2, 0) is 4.79 Å². The molecule has 3 N–H and O–H groups in total. The van der Waals surface area contributed by atoms with Gasteiger partial charge < -0.3 is 14.8 Å². The number of hydrogen-bond acceptors (Lipinski definition) is 7. The molecule has 31 heavy (non-hydrogen) atoms. The maximum absolute atomic E-state index is 11.0. The van der Waals surface area contributed by atoms with Crippen molar-refractivity contribution in [2.24, 2.45) is 0 Å². The van der Waals surface area contributed by atoms with E-state index in [-0.39, 0.29) is 5.91 Å². The predicted molar refractivity (Wildman–Crippen MR) is 119 cm³/mol. The lowest BCUT2D eigenvalue weighted by Gasteiger charge is -2.14. The quantitative estimate of drug-likeness (QED) is 0.220. The summed E-state index contributed by atoms with van der Waals surface area (Å²) in [5.41, 5.74) is 3.10. The number of methoxy groups -OCH3 is 1. The van der Waals surface area contributed by atoms with Gasteiger partial charge in [-0.2, -0.15) is 0 Å². The number of ether oxygens (including phenoxy) is 2. The number of rotatable bonds is 11. The van der Waals surface area contributed by atoms with E-state index in [0.717, 1.165) is 42.3 Å². The molecule has 1 heterocycles. The van der Waals surface area contributed by atoms with Crippen LogP contribution in [0.5, 0.6) is 11.5 Å². The lowest BCUT2D eigenvalue weighted by atomic mass is 10.1. The smallest absolute Gasteiger partial charge is 0.243 e. The highest BCUT2D eigenvalue weighted by atomic mass is 35.5. The first-order chi connectivity index (χ1) is 15.1. The van der Waals surface area contributed by atoms with Gasteiger partial charge >= 0.3 is 0 Å². The molecule has 3 rings (SSSR count). The molecule has 0 saturated carbocycles. The molecule has 164 valence electrons. The highest BCUT2D eigenvalue weighted by molar-refractivity contribution is 6.33. The number of fused-ring (bicyclic) bond motifs is 1. The van der Waals surface area contributed by atoms with Crippen molar-refractivity contribution in [3.05, 3.63) is 47.7 Å². The highest BCUT2D eigenvalue weighted by Gasteiger charge is 2.12. The van der Waals surface area contributed by atoms with Crippen LogP contribution in [-0.4, -0.2) is 34.8 Å². The summed E-state index contributed by atoms with van der Waals surface area (Å²) >= 11 is 6.27. The van der Waals surface area contributed by atoms with Crippen molar-refractivity contribution < 1.29 is 19.5 Å². The van der Waals surface area contributed by atoms with Gasteiger partial charge in [0, 0.05) is 17.9 Å². The van der Waals surface area contributed by atoms with Crippen molar-refractivity contribution in [2.75, 3.05) is 19.0 Å². The summed E-state index contributed by atoms with van der Waals surface area (Å²) in [5, 5.41) is 13.1. The Labute approximate surface area is 185 Å². The molecular weight excluding hydrogens is 420 g/mol. The minimum Gasteiger partial charge on any atom is -0.493 e. The number of carbonyl (C=O) groups is 1. The number of nitrogens with zero attached hydrogens (tertiary/aromatic N) is 2. The third-order valence-corrected chi connectivity index (χ3v) is 5.06. The molecule has 8 nitrogen and oxygen atoms in total. The molecule has 1 amide bonds. The van der Waals surface area contributed by atoms with Crippen molar-refractivity contribution in [1.82, 2.24) is 15.4 Å². The largest absolute Gasteiger partial charge is 0.493 e. The minimum atomic E-state index is -0.361. The Hall–Kier alpha value is -3.10. The van der Waals surface area contributed by atoms with E-state index >= 15 is 0 Å². The minimum absolute atomic E-state index is 0.317. The van der Waals surface area contributed by atoms with Gasteiger partial charge in [0.1, 0.15) is 12.1 Å². The third kappa shape index (κ3) is 6.19. The predicted octanol–water partition coefficient (Wildman–Crippen LogP) is 4.87. The molecule has 0 atom stereocenters. The summed E-state index contributed by atoms with van der Waals surface area (Å²) in [5.74, 6) is 1.45. The van der Waals surface area contributed by atoms with Crippen molar-refractivity contribution in [3.63, 3.8) is 0 Å². The molecule has 2 aromatic carbocycles. The van der Waals surface area contributed by atoms with E-state index in [1.807, 2.05) is 30.3 Å². The molecule has 0 spiro atoms. The highest BCUT2D eigenvalue weighted by Crippen LogP contribution is 2.35. The van der Waals surface area contributed by atoms with Gasteiger partial charge in [-0.05, 0) is 31.0 Å². The van der Waals surface area contributed by atoms with Crippen molar-refractivity contribution in [3.8, 4) is 11.5 Å². The molecule has 1 aromatic heterocycles. The van der Waals surface area contributed by atoms with Crippen LogP contribution in [0.15, 0.2) is 42.7 Å². The zero-order chi connectivity index (χ0) is 22.1. The molecule has 0 bridgehead atoms. The Morgan fingerprint density at radius 1 is 1.10 bits per heavy atom. The van der Waals surface area contributed by atoms with Crippen molar-refractivity contribution in [1.29, 1.82) is 0 Å². The number of carbonyl (C=O) groups excluding carboxylic acids is 1. The molecule has 9 heteroatoms. The van der Waals surface area contributed by atoms with Gasteiger partial charge in [-0.15, -0.1) is 0 Å². The SMILES string of the molecule is COc1cc2ncnc(Nc3ccccc3Cl)c2cc1OCCCCCCC(=O)NO. The number of hydroxylamine groups is 1. The van der Waals surface area contributed by atoms with Crippen LogP contribution in [0.25, 0.3) is 10.9 Å². The number of anilines is 2. The van der Waals surface area contributed by atoms with E-state index in [4.69, 9.17) is 26.3 Å². The molecule has 0 unspecified atom stereocenters. The van der Waals surface area contributed by atoms with E-state index in [9.17, 15) is 4.79 Å². The van der Waals surface area contributed by atoms with Crippen LogP contribution >= 0.6 is 11.6 Å². The first-order valence-corrected chi connectivity index (χ1v) is 10.4. The number of para-hydroxylation sites is 1.